The maximum atomic E-state index is 11.7. The lowest BCUT2D eigenvalue weighted by Gasteiger charge is -2.13. The number of halogens is 1. The summed E-state index contributed by atoms with van der Waals surface area (Å²) in [6.07, 6.45) is 0. The number of ether oxygens (including phenoxy) is 3. The van der Waals surface area contributed by atoms with Crippen molar-refractivity contribution in [2.75, 3.05) is 19.8 Å². The van der Waals surface area contributed by atoms with Crippen molar-refractivity contribution in [1.82, 2.24) is 0 Å². The molecule has 0 aliphatic carbocycles. The molecule has 4 nitrogen and oxygen atoms in total. The van der Waals surface area contributed by atoms with Crippen molar-refractivity contribution in [3.05, 3.63) is 22.2 Å². The van der Waals surface area contributed by atoms with E-state index >= 15 is 0 Å². The summed E-state index contributed by atoms with van der Waals surface area (Å²) in [5.41, 5.74) is 0.423. The Labute approximate surface area is 115 Å². The Morgan fingerprint density at radius 2 is 1.56 bits per heavy atom. The molecule has 18 heavy (non-hydrogen) atoms. The van der Waals surface area contributed by atoms with Crippen LogP contribution in [0.4, 0.5) is 0 Å². The summed E-state index contributed by atoms with van der Waals surface area (Å²) in [5, 5.41) is 0. The SMILES string of the molecule is CCOC(=O)c1cc(OCC)c(Br)c(OCC)c1. The monoisotopic (exact) mass is 316 g/mol. The van der Waals surface area contributed by atoms with E-state index in [9.17, 15) is 4.79 Å². The first-order chi connectivity index (χ1) is 8.63. The van der Waals surface area contributed by atoms with E-state index in [0.29, 0.717) is 41.4 Å². The van der Waals surface area contributed by atoms with Gasteiger partial charge in [-0.1, -0.05) is 0 Å². The van der Waals surface area contributed by atoms with Gasteiger partial charge < -0.3 is 14.2 Å². The van der Waals surface area contributed by atoms with Crippen LogP contribution in [0.3, 0.4) is 0 Å². The van der Waals surface area contributed by atoms with Crippen molar-refractivity contribution in [3.8, 4) is 11.5 Å². The van der Waals surface area contributed by atoms with E-state index in [1.54, 1.807) is 19.1 Å². The summed E-state index contributed by atoms with van der Waals surface area (Å²) in [5.74, 6) is 0.768. The molecule has 1 aromatic carbocycles. The lowest BCUT2D eigenvalue weighted by Crippen LogP contribution is -2.07. The van der Waals surface area contributed by atoms with Crippen LogP contribution in [-0.2, 0) is 4.74 Å². The van der Waals surface area contributed by atoms with E-state index in [-0.39, 0.29) is 5.97 Å². The number of benzene rings is 1. The van der Waals surface area contributed by atoms with Gasteiger partial charge in [-0.2, -0.15) is 0 Å². The van der Waals surface area contributed by atoms with Crippen LogP contribution in [0.2, 0.25) is 0 Å². The third kappa shape index (κ3) is 3.63. The average Bonchev–Trinajstić information content (AvgIpc) is 2.34. The minimum absolute atomic E-state index is 0.336. The van der Waals surface area contributed by atoms with Gasteiger partial charge in [-0.25, -0.2) is 4.79 Å². The molecule has 0 bridgehead atoms. The maximum absolute atomic E-state index is 11.7. The van der Waals surface area contributed by atoms with Crippen LogP contribution in [0, 0.1) is 0 Å². The maximum Gasteiger partial charge on any atom is 0.338 e. The van der Waals surface area contributed by atoms with Gasteiger partial charge in [0.05, 0.1) is 25.4 Å². The molecule has 1 aromatic rings. The zero-order valence-electron chi connectivity index (χ0n) is 10.8. The molecule has 0 aliphatic rings. The number of hydrogen-bond acceptors (Lipinski definition) is 4. The normalized spacial score (nSPS) is 10.0. The van der Waals surface area contributed by atoms with Gasteiger partial charge in [0, 0.05) is 0 Å². The van der Waals surface area contributed by atoms with Crippen molar-refractivity contribution < 1.29 is 19.0 Å². The van der Waals surface area contributed by atoms with Crippen molar-refractivity contribution in [1.29, 1.82) is 0 Å². The predicted molar refractivity (Wildman–Crippen MR) is 72.4 cm³/mol. The Bertz CT molecular complexity index is 390. The molecule has 0 spiro atoms. The molecule has 0 heterocycles. The van der Waals surface area contributed by atoms with Crippen LogP contribution in [0.25, 0.3) is 0 Å². The Balaban J connectivity index is 3.15. The Morgan fingerprint density at radius 1 is 1.06 bits per heavy atom. The highest BCUT2D eigenvalue weighted by Gasteiger charge is 2.15. The highest BCUT2D eigenvalue weighted by atomic mass is 79.9. The molecule has 100 valence electrons. The van der Waals surface area contributed by atoms with Crippen LogP contribution in [0.1, 0.15) is 31.1 Å². The van der Waals surface area contributed by atoms with Gasteiger partial charge in [0.1, 0.15) is 16.0 Å². The molecule has 0 saturated carbocycles. The number of rotatable bonds is 6. The minimum atomic E-state index is -0.382. The molecule has 0 atom stereocenters. The lowest BCUT2D eigenvalue weighted by atomic mass is 10.2. The second-order valence-corrected chi connectivity index (χ2v) is 4.17. The summed E-state index contributed by atoms with van der Waals surface area (Å²) in [4.78, 5) is 11.7. The number of carbonyl (C=O) groups is 1. The van der Waals surface area contributed by atoms with Gasteiger partial charge in [0.15, 0.2) is 0 Å². The van der Waals surface area contributed by atoms with Crippen LogP contribution in [-0.4, -0.2) is 25.8 Å². The molecule has 0 unspecified atom stereocenters. The largest absolute Gasteiger partial charge is 0.493 e. The summed E-state index contributed by atoms with van der Waals surface area (Å²) in [6.45, 7) is 6.88. The fourth-order valence-electron chi connectivity index (χ4n) is 1.43. The zero-order chi connectivity index (χ0) is 13.5. The molecule has 0 fully saturated rings. The fraction of sp³-hybridized carbons (Fsp3) is 0.462. The third-order valence-corrected chi connectivity index (χ3v) is 2.90. The fourth-order valence-corrected chi connectivity index (χ4v) is 1.88. The van der Waals surface area contributed by atoms with Gasteiger partial charge in [0.2, 0.25) is 0 Å². The molecule has 0 amide bonds. The second-order valence-electron chi connectivity index (χ2n) is 3.37. The smallest absolute Gasteiger partial charge is 0.338 e. The minimum Gasteiger partial charge on any atom is -0.493 e. The lowest BCUT2D eigenvalue weighted by molar-refractivity contribution is 0.0525. The van der Waals surface area contributed by atoms with Gasteiger partial charge in [-0.15, -0.1) is 0 Å². The van der Waals surface area contributed by atoms with Crippen molar-refractivity contribution in [3.63, 3.8) is 0 Å². The highest BCUT2D eigenvalue weighted by molar-refractivity contribution is 9.10. The van der Waals surface area contributed by atoms with E-state index in [1.165, 1.54) is 0 Å². The number of hydrogen-bond donors (Lipinski definition) is 0. The Morgan fingerprint density at radius 3 is 1.94 bits per heavy atom. The quantitative estimate of drug-likeness (QED) is 0.754. The summed E-state index contributed by atoms with van der Waals surface area (Å²) >= 11 is 3.40. The first kappa shape index (κ1) is 14.8. The van der Waals surface area contributed by atoms with Crippen LogP contribution in [0.15, 0.2) is 16.6 Å². The van der Waals surface area contributed by atoms with Gasteiger partial charge in [0.25, 0.3) is 0 Å². The van der Waals surface area contributed by atoms with E-state index < -0.39 is 0 Å². The number of carbonyl (C=O) groups excluding carboxylic acids is 1. The first-order valence-corrected chi connectivity index (χ1v) is 6.69. The molecular formula is C13H17BrO4. The third-order valence-electron chi connectivity index (χ3n) is 2.12. The van der Waals surface area contributed by atoms with Crippen molar-refractivity contribution in [2.45, 2.75) is 20.8 Å². The summed E-state index contributed by atoms with van der Waals surface area (Å²) in [6, 6.07) is 3.29. The molecule has 0 aromatic heterocycles. The van der Waals surface area contributed by atoms with Gasteiger partial charge in [-0.05, 0) is 48.8 Å². The van der Waals surface area contributed by atoms with Crippen LogP contribution >= 0.6 is 15.9 Å². The molecule has 0 radical (unpaired) electrons. The van der Waals surface area contributed by atoms with E-state index in [4.69, 9.17) is 14.2 Å². The molecule has 5 heteroatoms. The Kier molecular flexibility index (Phi) is 5.98. The molecule has 0 saturated heterocycles. The van der Waals surface area contributed by atoms with Gasteiger partial charge >= 0.3 is 5.97 Å². The van der Waals surface area contributed by atoms with Crippen LogP contribution < -0.4 is 9.47 Å². The molecule has 1 rings (SSSR count). The summed E-state index contributed by atoms with van der Waals surface area (Å²) < 4.78 is 16.6. The standard InChI is InChI=1S/C13H17BrO4/c1-4-16-10-7-9(13(15)18-6-3)8-11(12(10)14)17-5-2/h7-8H,4-6H2,1-3H3. The predicted octanol–water partition coefficient (Wildman–Crippen LogP) is 3.42. The molecule has 0 aliphatic heterocycles. The first-order valence-electron chi connectivity index (χ1n) is 5.90. The Hall–Kier alpha value is -1.23. The van der Waals surface area contributed by atoms with Crippen molar-refractivity contribution in [2.24, 2.45) is 0 Å². The topological polar surface area (TPSA) is 44.8 Å². The van der Waals surface area contributed by atoms with E-state index in [1.807, 2.05) is 13.8 Å². The van der Waals surface area contributed by atoms with Crippen molar-refractivity contribution >= 4 is 21.9 Å². The van der Waals surface area contributed by atoms with E-state index in [2.05, 4.69) is 15.9 Å². The van der Waals surface area contributed by atoms with Gasteiger partial charge in [-0.3, -0.25) is 0 Å². The highest BCUT2D eigenvalue weighted by Crippen LogP contribution is 2.36. The summed E-state index contributed by atoms with van der Waals surface area (Å²) in [7, 11) is 0. The van der Waals surface area contributed by atoms with Crippen LogP contribution in [0.5, 0.6) is 11.5 Å². The number of esters is 1. The van der Waals surface area contributed by atoms with E-state index in [0.717, 1.165) is 0 Å². The molecule has 0 N–H and O–H groups in total. The molecular weight excluding hydrogens is 300 g/mol. The average molecular weight is 317 g/mol. The zero-order valence-corrected chi connectivity index (χ0v) is 12.4. The second kappa shape index (κ2) is 7.26.